The first-order valence-electron chi connectivity index (χ1n) is 7.66. The molecule has 0 saturated heterocycles. The third kappa shape index (κ3) is 2.05. The Hall–Kier alpha value is -2.67. The second kappa shape index (κ2) is 5.45. The van der Waals surface area contributed by atoms with Crippen LogP contribution in [0.3, 0.4) is 0 Å². The van der Waals surface area contributed by atoms with Crippen LogP contribution in [0.15, 0.2) is 35.4 Å². The van der Waals surface area contributed by atoms with Gasteiger partial charge in [-0.05, 0) is 18.6 Å². The summed E-state index contributed by atoms with van der Waals surface area (Å²) in [5, 5.41) is 9.07. The molecule has 7 nitrogen and oxygen atoms in total. The molecule has 122 valence electrons. The van der Waals surface area contributed by atoms with Gasteiger partial charge in [0.1, 0.15) is 5.52 Å². The van der Waals surface area contributed by atoms with Crippen LogP contribution in [0.2, 0.25) is 5.02 Å². The Morgan fingerprint density at radius 1 is 1.21 bits per heavy atom. The van der Waals surface area contributed by atoms with Gasteiger partial charge in [0.15, 0.2) is 17.1 Å². The Labute approximate surface area is 142 Å². The van der Waals surface area contributed by atoms with Gasteiger partial charge in [-0.15, -0.1) is 10.2 Å². The van der Waals surface area contributed by atoms with E-state index in [0.29, 0.717) is 28.7 Å². The van der Waals surface area contributed by atoms with Crippen molar-refractivity contribution >= 4 is 28.4 Å². The molecule has 0 aliphatic rings. The lowest BCUT2D eigenvalue weighted by Gasteiger charge is -2.08. The zero-order chi connectivity index (χ0) is 16.8. The number of fused-ring (bicyclic) bond motifs is 3. The van der Waals surface area contributed by atoms with Gasteiger partial charge in [0.25, 0.3) is 0 Å². The molecule has 1 aromatic carbocycles. The van der Waals surface area contributed by atoms with Gasteiger partial charge >= 0.3 is 5.69 Å². The maximum absolute atomic E-state index is 13.0. The molecule has 24 heavy (non-hydrogen) atoms. The summed E-state index contributed by atoms with van der Waals surface area (Å²) in [5.74, 6) is 0.477. The second-order valence-electron chi connectivity index (χ2n) is 5.65. The first-order chi connectivity index (χ1) is 11.6. The minimum atomic E-state index is -0.196. The van der Waals surface area contributed by atoms with Crippen molar-refractivity contribution in [3.05, 3.63) is 46.1 Å². The number of benzene rings is 1. The van der Waals surface area contributed by atoms with Crippen molar-refractivity contribution in [1.82, 2.24) is 28.7 Å². The van der Waals surface area contributed by atoms with E-state index in [1.54, 1.807) is 23.0 Å². The van der Waals surface area contributed by atoms with Crippen LogP contribution in [0.25, 0.3) is 28.2 Å². The van der Waals surface area contributed by atoms with Crippen molar-refractivity contribution in [3.8, 4) is 11.4 Å². The summed E-state index contributed by atoms with van der Waals surface area (Å²) in [6, 6.07) is 7.24. The predicted molar refractivity (Wildman–Crippen MR) is 92.3 cm³/mol. The van der Waals surface area contributed by atoms with Crippen LogP contribution in [-0.2, 0) is 13.6 Å². The van der Waals surface area contributed by atoms with Crippen molar-refractivity contribution in [1.29, 1.82) is 0 Å². The lowest BCUT2D eigenvalue weighted by molar-refractivity contribution is 0.648. The highest BCUT2D eigenvalue weighted by atomic mass is 35.5. The number of rotatable bonds is 3. The van der Waals surface area contributed by atoms with E-state index in [2.05, 4.69) is 15.2 Å². The van der Waals surface area contributed by atoms with Gasteiger partial charge in [-0.3, -0.25) is 4.57 Å². The Bertz CT molecular complexity index is 1120. The summed E-state index contributed by atoms with van der Waals surface area (Å²) in [4.78, 5) is 17.4. The molecule has 0 radical (unpaired) electrons. The molecule has 0 fully saturated rings. The highest BCUT2D eigenvalue weighted by molar-refractivity contribution is 6.30. The van der Waals surface area contributed by atoms with E-state index in [0.717, 1.165) is 17.5 Å². The third-order valence-electron chi connectivity index (χ3n) is 4.00. The van der Waals surface area contributed by atoms with Crippen LogP contribution in [-0.4, -0.2) is 28.7 Å². The summed E-state index contributed by atoms with van der Waals surface area (Å²) in [5.41, 5.74) is 2.46. The largest absolute Gasteiger partial charge is 0.337 e. The molecular formula is C16H15ClN6O. The molecule has 0 saturated carbocycles. The van der Waals surface area contributed by atoms with E-state index in [-0.39, 0.29) is 5.69 Å². The first kappa shape index (κ1) is 14.9. The molecule has 0 atom stereocenters. The lowest BCUT2D eigenvalue weighted by atomic mass is 10.2. The van der Waals surface area contributed by atoms with E-state index < -0.39 is 0 Å². The van der Waals surface area contributed by atoms with Crippen molar-refractivity contribution in [3.63, 3.8) is 0 Å². The number of aromatic nitrogens is 6. The van der Waals surface area contributed by atoms with E-state index in [1.165, 1.54) is 4.40 Å². The quantitative estimate of drug-likeness (QED) is 0.573. The third-order valence-corrected chi connectivity index (χ3v) is 4.24. The summed E-state index contributed by atoms with van der Waals surface area (Å²) in [6.45, 7) is 2.60. The van der Waals surface area contributed by atoms with Crippen molar-refractivity contribution in [2.75, 3.05) is 0 Å². The minimum Gasteiger partial charge on any atom is -0.329 e. The number of aryl methyl sites for hydroxylation is 2. The molecule has 0 N–H and O–H groups in total. The minimum absolute atomic E-state index is 0.196. The normalized spacial score (nSPS) is 11.6. The molecule has 8 heteroatoms. The molecule has 0 spiro atoms. The fourth-order valence-electron chi connectivity index (χ4n) is 2.94. The molecule has 3 heterocycles. The average molecular weight is 343 g/mol. The van der Waals surface area contributed by atoms with Gasteiger partial charge < -0.3 is 4.57 Å². The van der Waals surface area contributed by atoms with E-state index in [1.807, 2.05) is 30.7 Å². The van der Waals surface area contributed by atoms with Gasteiger partial charge in [0, 0.05) is 24.2 Å². The van der Waals surface area contributed by atoms with Gasteiger partial charge in [0.05, 0.1) is 6.33 Å². The van der Waals surface area contributed by atoms with E-state index in [9.17, 15) is 4.79 Å². The Kier molecular flexibility index (Phi) is 3.38. The molecule has 4 rings (SSSR count). The van der Waals surface area contributed by atoms with Crippen LogP contribution in [0.1, 0.15) is 13.3 Å². The molecule has 4 aromatic rings. The number of nitrogens with zero attached hydrogens (tertiary/aromatic N) is 6. The van der Waals surface area contributed by atoms with E-state index in [4.69, 9.17) is 11.6 Å². The number of halogens is 1. The van der Waals surface area contributed by atoms with Gasteiger partial charge in [0.2, 0.25) is 0 Å². The molecule has 0 aliphatic heterocycles. The van der Waals surface area contributed by atoms with Gasteiger partial charge in [-0.1, -0.05) is 30.7 Å². The molecule has 0 amide bonds. The van der Waals surface area contributed by atoms with Crippen molar-refractivity contribution in [2.24, 2.45) is 7.05 Å². The highest BCUT2D eigenvalue weighted by Crippen LogP contribution is 2.23. The number of imidazole rings is 1. The predicted octanol–water partition coefficient (Wildman–Crippen LogP) is 2.51. The van der Waals surface area contributed by atoms with Crippen molar-refractivity contribution in [2.45, 2.75) is 19.9 Å². The maximum atomic E-state index is 13.0. The fraction of sp³-hybridized carbons (Fsp3) is 0.250. The second-order valence-corrected chi connectivity index (χ2v) is 6.09. The molecular weight excluding hydrogens is 328 g/mol. The maximum Gasteiger partial charge on any atom is 0.337 e. The van der Waals surface area contributed by atoms with E-state index >= 15 is 0 Å². The number of hydrogen-bond donors (Lipinski definition) is 0. The van der Waals surface area contributed by atoms with Crippen LogP contribution in [0.4, 0.5) is 0 Å². The first-order valence-corrected chi connectivity index (χ1v) is 8.04. The topological polar surface area (TPSA) is 70.0 Å². The molecule has 3 aromatic heterocycles. The SMILES string of the molecule is CCCn1c(=O)n2c(-c3cccc(Cl)c3)nnc2c2c1ncn2C. The van der Waals surface area contributed by atoms with Crippen LogP contribution >= 0.6 is 11.6 Å². The Morgan fingerprint density at radius 3 is 2.79 bits per heavy atom. The Balaban J connectivity index is 2.16. The summed E-state index contributed by atoms with van der Waals surface area (Å²) in [6.07, 6.45) is 2.51. The Morgan fingerprint density at radius 2 is 2.04 bits per heavy atom. The van der Waals surface area contributed by atoms with Crippen molar-refractivity contribution < 1.29 is 0 Å². The van der Waals surface area contributed by atoms with Crippen LogP contribution in [0.5, 0.6) is 0 Å². The summed E-state index contributed by atoms with van der Waals surface area (Å²) < 4.78 is 5.05. The lowest BCUT2D eigenvalue weighted by Crippen LogP contribution is -2.28. The van der Waals surface area contributed by atoms with Crippen LogP contribution in [0, 0.1) is 0 Å². The summed E-state index contributed by atoms with van der Waals surface area (Å²) in [7, 11) is 1.88. The fourth-order valence-corrected chi connectivity index (χ4v) is 3.13. The van der Waals surface area contributed by atoms with Gasteiger partial charge in [-0.25, -0.2) is 14.2 Å². The standard InChI is InChI=1S/C16H15ClN6O/c1-3-7-22-14-12(21(2)9-18-14)15-20-19-13(23(15)16(22)24)10-5-4-6-11(17)8-10/h4-6,8-9H,3,7H2,1-2H3. The molecule has 0 aliphatic carbocycles. The monoisotopic (exact) mass is 342 g/mol. The molecule has 0 unspecified atom stereocenters. The summed E-state index contributed by atoms with van der Waals surface area (Å²) >= 11 is 6.08. The number of hydrogen-bond acceptors (Lipinski definition) is 4. The average Bonchev–Trinajstić information content (AvgIpc) is 3.15. The zero-order valence-electron chi connectivity index (χ0n) is 13.3. The highest BCUT2D eigenvalue weighted by Gasteiger charge is 2.20. The molecule has 0 bridgehead atoms. The smallest absolute Gasteiger partial charge is 0.329 e. The van der Waals surface area contributed by atoms with Crippen LogP contribution < -0.4 is 5.69 Å². The zero-order valence-corrected chi connectivity index (χ0v) is 14.0. The van der Waals surface area contributed by atoms with Gasteiger partial charge in [-0.2, -0.15) is 0 Å².